The summed E-state index contributed by atoms with van der Waals surface area (Å²) in [6, 6.07) is 8.68. The van der Waals surface area contributed by atoms with Gasteiger partial charge in [0.25, 0.3) is 0 Å². The zero-order valence-corrected chi connectivity index (χ0v) is 19.2. The summed E-state index contributed by atoms with van der Waals surface area (Å²) in [5, 5.41) is 11.7. The third-order valence-corrected chi connectivity index (χ3v) is 6.97. The maximum absolute atomic E-state index is 14.0. The Hall–Kier alpha value is -3.83. The summed E-state index contributed by atoms with van der Waals surface area (Å²) in [7, 11) is 1.68. The molecule has 36 heavy (non-hydrogen) atoms. The van der Waals surface area contributed by atoms with Crippen LogP contribution in [0.25, 0.3) is 44.2 Å². The fourth-order valence-electron chi connectivity index (χ4n) is 5.12. The largest absolute Gasteiger partial charge is 0.418 e. The second-order valence-corrected chi connectivity index (χ2v) is 9.17. The first-order chi connectivity index (χ1) is 17.2. The SMILES string of the molecule is CN(c1nc(-c2ccnc3[nH]c4ccccc4c23)nc2cncc(C(F)(F)F)c12)C1CC(N)C(O)C1. The normalized spacial score (nSPS) is 20.6. The highest BCUT2D eigenvalue weighted by Gasteiger charge is 2.38. The number of benzene rings is 1. The van der Waals surface area contributed by atoms with Crippen molar-refractivity contribution >= 4 is 38.7 Å². The number of hydrogen-bond acceptors (Lipinski definition) is 7. The van der Waals surface area contributed by atoms with Crippen molar-refractivity contribution in [2.45, 2.75) is 37.2 Å². The summed E-state index contributed by atoms with van der Waals surface area (Å²) >= 11 is 0. The van der Waals surface area contributed by atoms with Crippen molar-refractivity contribution < 1.29 is 18.3 Å². The number of nitrogens with zero attached hydrogens (tertiary/aromatic N) is 5. The number of para-hydroxylation sites is 1. The molecule has 1 fully saturated rings. The van der Waals surface area contributed by atoms with E-state index in [0.717, 1.165) is 22.5 Å². The van der Waals surface area contributed by atoms with Crippen molar-refractivity contribution in [3.8, 4) is 11.4 Å². The van der Waals surface area contributed by atoms with Gasteiger partial charge in [-0.2, -0.15) is 13.2 Å². The van der Waals surface area contributed by atoms with Crippen LogP contribution in [-0.4, -0.2) is 55.3 Å². The Morgan fingerprint density at radius 2 is 1.89 bits per heavy atom. The van der Waals surface area contributed by atoms with E-state index in [-0.39, 0.29) is 28.6 Å². The second kappa shape index (κ2) is 8.10. The molecule has 0 amide bonds. The molecule has 11 heteroatoms. The number of pyridine rings is 2. The Labute approximate surface area is 203 Å². The molecule has 4 N–H and O–H groups in total. The van der Waals surface area contributed by atoms with E-state index < -0.39 is 23.9 Å². The van der Waals surface area contributed by atoms with Crippen LogP contribution in [0.2, 0.25) is 0 Å². The molecule has 6 rings (SSSR count). The van der Waals surface area contributed by atoms with Crippen LogP contribution in [0.1, 0.15) is 18.4 Å². The zero-order valence-electron chi connectivity index (χ0n) is 19.2. The summed E-state index contributed by atoms with van der Waals surface area (Å²) in [4.78, 5) is 22.4. The number of hydrogen-bond donors (Lipinski definition) is 3. The number of aliphatic hydroxyl groups excluding tert-OH is 1. The maximum Gasteiger partial charge on any atom is 0.418 e. The molecule has 0 bridgehead atoms. The van der Waals surface area contributed by atoms with Crippen molar-refractivity contribution in [2.75, 3.05) is 11.9 Å². The van der Waals surface area contributed by atoms with Crippen LogP contribution in [-0.2, 0) is 6.18 Å². The number of alkyl halides is 3. The molecule has 1 aromatic carbocycles. The van der Waals surface area contributed by atoms with Gasteiger partial charge in [0, 0.05) is 53.4 Å². The van der Waals surface area contributed by atoms with Crippen molar-refractivity contribution in [1.29, 1.82) is 0 Å². The summed E-state index contributed by atoms with van der Waals surface area (Å²) in [6.45, 7) is 0. The lowest BCUT2D eigenvalue weighted by Gasteiger charge is -2.28. The van der Waals surface area contributed by atoms with E-state index in [9.17, 15) is 18.3 Å². The molecule has 1 aliphatic carbocycles. The van der Waals surface area contributed by atoms with Gasteiger partial charge in [0.2, 0.25) is 0 Å². The molecule has 0 radical (unpaired) electrons. The lowest BCUT2D eigenvalue weighted by Crippen LogP contribution is -2.32. The molecular formula is C25H22F3N7O. The number of nitrogens with two attached hydrogens (primary N) is 1. The molecule has 3 atom stereocenters. The van der Waals surface area contributed by atoms with Crippen LogP contribution >= 0.6 is 0 Å². The third kappa shape index (κ3) is 3.54. The van der Waals surface area contributed by atoms with Crippen LogP contribution in [0, 0.1) is 0 Å². The van der Waals surface area contributed by atoms with Gasteiger partial charge in [-0.3, -0.25) is 4.98 Å². The Bertz CT molecular complexity index is 1610. The minimum atomic E-state index is -4.65. The molecule has 4 heterocycles. The first-order valence-electron chi connectivity index (χ1n) is 11.5. The summed E-state index contributed by atoms with van der Waals surface area (Å²) in [5.74, 6) is 0.367. The van der Waals surface area contributed by atoms with E-state index in [1.54, 1.807) is 24.2 Å². The van der Waals surface area contributed by atoms with Gasteiger partial charge in [0.15, 0.2) is 5.82 Å². The van der Waals surface area contributed by atoms with Gasteiger partial charge >= 0.3 is 6.18 Å². The molecule has 1 saturated carbocycles. The topological polar surface area (TPSA) is 117 Å². The van der Waals surface area contributed by atoms with Gasteiger partial charge < -0.3 is 20.7 Å². The predicted octanol–water partition coefficient (Wildman–Crippen LogP) is 4.03. The fraction of sp³-hybridized carbons (Fsp3) is 0.280. The molecule has 0 aliphatic heterocycles. The zero-order chi connectivity index (χ0) is 25.2. The molecule has 184 valence electrons. The molecule has 0 spiro atoms. The van der Waals surface area contributed by atoms with E-state index in [1.165, 1.54) is 6.20 Å². The Kier molecular flexibility index (Phi) is 5.09. The van der Waals surface area contributed by atoms with Crippen LogP contribution in [0.5, 0.6) is 0 Å². The Morgan fingerprint density at radius 3 is 2.64 bits per heavy atom. The smallest absolute Gasteiger partial charge is 0.391 e. The minimum Gasteiger partial charge on any atom is -0.391 e. The number of anilines is 1. The second-order valence-electron chi connectivity index (χ2n) is 9.17. The fourth-order valence-corrected chi connectivity index (χ4v) is 5.12. The average Bonchev–Trinajstić information content (AvgIpc) is 3.41. The van der Waals surface area contributed by atoms with Crippen molar-refractivity contribution in [1.82, 2.24) is 24.9 Å². The first-order valence-corrected chi connectivity index (χ1v) is 11.5. The standard InChI is InChI=1S/C25H22F3N7O/c1-35(12-8-16(29)19(36)9-12)24-21-15(25(26,27)28)10-30-11-18(21)33-22(34-24)14-6-7-31-23-20(14)13-4-2-3-5-17(13)32-23/h2-7,10-12,16,19,36H,8-9,29H2,1H3,(H,31,32). The van der Waals surface area contributed by atoms with Crippen LogP contribution in [0.3, 0.4) is 0 Å². The van der Waals surface area contributed by atoms with E-state index in [4.69, 9.17) is 10.7 Å². The van der Waals surface area contributed by atoms with Crippen molar-refractivity contribution in [3.63, 3.8) is 0 Å². The number of nitrogens with one attached hydrogen (secondary N) is 1. The third-order valence-electron chi connectivity index (χ3n) is 6.97. The molecular weight excluding hydrogens is 471 g/mol. The minimum absolute atomic E-state index is 0.0734. The monoisotopic (exact) mass is 493 g/mol. The number of aromatic amines is 1. The average molecular weight is 493 g/mol. The summed E-state index contributed by atoms with van der Waals surface area (Å²) in [6.07, 6.45) is -0.919. The lowest BCUT2D eigenvalue weighted by atomic mass is 10.1. The maximum atomic E-state index is 14.0. The number of aromatic nitrogens is 5. The van der Waals surface area contributed by atoms with Gasteiger partial charge in [0.1, 0.15) is 11.5 Å². The number of aliphatic hydroxyl groups is 1. The number of fused-ring (bicyclic) bond motifs is 4. The lowest BCUT2D eigenvalue weighted by molar-refractivity contribution is -0.136. The van der Waals surface area contributed by atoms with Gasteiger partial charge in [-0.1, -0.05) is 18.2 Å². The highest BCUT2D eigenvalue weighted by atomic mass is 19.4. The predicted molar refractivity (Wildman–Crippen MR) is 130 cm³/mol. The van der Waals surface area contributed by atoms with Gasteiger partial charge in [-0.05, 0) is 25.0 Å². The van der Waals surface area contributed by atoms with E-state index in [0.29, 0.717) is 24.1 Å². The van der Waals surface area contributed by atoms with Crippen LogP contribution in [0.4, 0.5) is 19.0 Å². The number of rotatable bonds is 3. The Balaban J connectivity index is 1.63. The number of H-pyrrole nitrogens is 1. The van der Waals surface area contributed by atoms with Crippen molar-refractivity contribution in [2.24, 2.45) is 5.73 Å². The molecule has 4 aromatic heterocycles. The van der Waals surface area contributed by atoms with Gasteiger partial charge in [0.05, 0.1) is 28.8 Å². The number of halogens is 3. The quantitative estimate of drug-likeness (QED) is 0.347. The summed E-state index contributed by atoms with van der Waals surface area (Å²) < 4.78 is 42.1. The van der Waals surface area contributed by atoms with Gasteiger partial charge in [-0.15, -0.1) is 0 Å². The van der Waals surface area contributed by atoms with E-state index >= 15 is 0 Å². The van der Waals surface area contributed by atoms with Crippen molar-refractivity contribution in [3.05, 3.63) is 54.5 Å². The molecule has 3 unspecified atom stereocenters. The first kappa shape index (κ1) is 22.6. The molecule has 1 aliphatic rings. The van der Waals surface area contributed by atoms with Crippen LogP contribution < -0.4 is 10.6 Å². The highest BCUT2D eigenvalue weighted by molar-refractivity contribution is 6.12. The molecule has 0 saturated heterocycles. The van der Waals surface area contributed by atoms with Crippen LogP contribution in [0.15, 0.2) is 48.9 Å². The summed E-state index contributed by atoms with van der Waals surface area (Å²) in [5.41, 5.74) is 7.30. The Morgan fingerprint density at radius 1 is 1.08 bits per heavy atom. The highest BCUT2D eigenvalue weighted by Crippen LogP contribution is 2.41. The van der Waals surface area contributed by atoms with E-state index in [1.807, 2.05) is 24.3 Å². The molecule has 5 aromatic rings. The van der Waals surface area contributed by atoms with Gasteiger partial charge in [-0.25, -0.2) is 15.0 Å². The molecule has 8 nitrogen and oxygen atoms in total. The van der Waals surface area contributed by atoms with E-state index in [2.05, 4.69) is 19.9 Å².